The SMILES string of the molecule is O=C1CC[C@H](N2Cc3cc4c(cc3C2=O)OCC42CCN(C[C@H]3COC4(CCN(c5ccc(C6c7ccc(O)cc7CCC6C6=CCCC=C6)cc5)CC4)C3)CC2)C(=O)N1. The number of anilines is 1. The first-order valence-corrected chi connectivity index (χ1v) is 22.6. The number of piperidine rings is 3. The van der Waals surface area contributed by atoms with Gasteiger partial charge in [0, 0.05) is 60.7 Å². The fourth-order valence-electron chi connectivity index (χ4n) is 12.3. The molecule has 60 heavy (non-hydrogen) atoms. The molecule has 4 saturated heterocycles. The van der Waals surface area contributed by atoms with Gasteiger partial charge in [-0.2, -0.15) is 0 Å². The number of aromatic hydroxyl groups is 1. The fraction of sp³-hybridized carbons (Fsp3) is 0.500. The molecule has 2 N–H and O–H groups in total. The van der Waals surface area contributed by atoms with E-state index in [2.05, 4.69) is 69.7 Å². The molecule has 0 saturated carbocycles. The maximum absolute atomic E-state index is 13.4. The number of nitrogens with one attached hydrogen (secondary N) is 1. The maximum Gasteiger partial charge on any atom is 0.255 e. The lowest BCUT2D eigenvalue weighted by atomic mass is 9.68. The topological polar surface area (TPSA) is 112 Å². The number of carbonyl (C=O) groups excluding carboxylic acids is 3. The summed E-state index contributed by atoms with van der Waals surface area (Å²) >= 11 is 0. The lowest BCUT2D eigenvalue weighted by Gasteiger charge is -2.41. The third kappa shape index (κ3) is 6.65. The molecule has 0 radical (unpaired) electrons. The molecule has 312 valence electrons. The van der Waals surface area contributed by atoms with Crippen LogP contribution < -0.4 is 15.0 Å². The number of fused-ring (bicyclic) bond motifs is 4. The minimum Gasteiger partial charge on any atom is -0.508 e. The molecular formula is C50H56N4O6. The number of hydrogen-bond acceptors (Lipinski definition) is 8. The summed E-state index contributed by atoms with van der Waals surface area (Å²) in [6.07, 6.45) is 17.3. The number of phenols is 1. The molecule has 11 rings (SSSR count). The van der Waals surface area contributed by atoms with Crippen molar-refractivity contribution in [3.05, 3.63) is 112 Å². The molecule has 6 heterocycles. The van der Waals surface area contributed by atoms with Crippen LogP contribution in [0.15, 0.2) is 78.4 Å². The summed E-state index contributed by atoms with van der Waals surface area (Å²) in [5.74, 6) is 1.63. The van der Waals surface area contributed by atoms with E-state index in [0.717, 1.165) is 108 Å². The van der Waals surface area contributed by atoms with Gasteiger partial charge in [0.2, 0.25) is 11.8 Å². The molecule has 2 spiro atoms. The Balaban J connectivity index is 0.694. The summed E-state index contributed by atoms with van der Waals surface area (Å²) < 4.78 is 13.0. The standard InChI is InChI=1S/C50H56N4O6/c55-38-11-13-40-35(24-38)8-12-39(33-4-2-1-3-5-33)46(40)34-6-9-37(10-7-34)53-22-18-50(19-23-53)27-32(30-60-50)28-52-20-16-49(17-21-52)31-59-44-26-41-36(25-42(44)49)29-54(48(41)58)43-14-15-45(56)51-47(43)57/h2,4-7,9-11,13,24-26,32,39,43,46,55H,1,3,8,12,14-23,27-31H2,(H,51,56,57)/t32-,39?,43-,46?/m0/s1. The van der Waals surface area contributed by atoms with Gasteiger partial charge in [-0.15, -0.1) is 0 Å². The number of benzene rings is 3. The normalized spacial score (nSPS) is 28.1. The van der Waals surface area contributed by atoms with Gasteiger partial charge in [0.25, 0.3) is 5.91 Å². The number of allylic oxidation sites excluding steroid dienone is 4. The Hall–Kier alpha value is -4.93. The molecule has 0 bridgehead atoms. The molecule has 2 unspecified atom stereocenters. The van der Waals surface area contributed by atoms with Crippen molar-refractivity contribution in [1.29, 1.82) is 0 Å². The van der Waals surface area contributed by atoms with E-state index >= 15 is 0 Å². The Kier molecular flexibility index (Phi) is 9.45. The van der Waals surface area contributed by atoms with Gasteiger partial charge in [-0.05, 0) is 153 Å². The summed E-state index contributed by atoms with van der Waals surface area (Å²) in [6.45, 7) is 6.97. The highest BCUT2D eigenvalue weighted by Gasteiger charge is 2.48. The second kappa shape index (κ2) is 14.9. The number of likely N-dealkylation sites (tertiary alicyclic amines) is 1. The van der Waals surface area contributed by atoms with Gasteiger partial charge in [-0.25, -0.2) is 0 Å². The Bertz CT molecular complexity index is 2280. The average Bonchev–Trinajstić information content (AvgIpc) is 3.93. The maximum atomic E-state index is 13.4. The van der Waals surface area contributed by atoms with Crippen molar-refractivity contribution in [1.82, 2.24) is 15.1 Å². The predicted molar refractivity (Wildman–Crippen MR) is 228 cm³/mol. The van der Waals surface area contributed by atoms with Gasteiger partial charge in [-0.3, -0.25) is 19.7 Å². The Morgan fingerprint density at radius 3 is 2.48 bits per heavy atom. The van der Waals surface area contributed by atoms with Crippen LogP contribution in [0.1, 0.15) is 108 Å². The van der Waals surface area contributed by atoms with Gasteiger partial charge >= 0.3 is 0 Å². The average molecular weight is 809 g/mol. The van der Waals surface area contributed by atoms with E-state index in [1.54, 1.807) is 4.90 Å². The van der Waals surface area contributed by atoms with E-state index < -0.39 is 6.04 Å². The van der Waals surface area contributed by atoms with Gasteiger partial charge in [0.1, 0.15) is 17.5 Å². The molecule has 8 aliphatic rings. The quantitative estimate of drug-likeness (QED) is 0.258. The van der Waals surface area contributed by atoms with Crippen molar-refractivity contribution in [2.24, 2.45) is 11.8 Å². The lowest BCUT2D eigenvalue weighted by Crippen LogP contribution is -2.52. The smallest absolute Gasteiger partial charge is 0.255 e. The van der Waals surface area contributed by atoms with E-state index in [0.29, 0.717) is 42.7 Å². The summed E-state index contributed by atoms with van der Waals surface area (Å²) in [4.78, 5) is 44.6. The lowest BCUT2D eigenvalue weighted by molar-refractivity contribution is -0.136. The van der Waals surface area contributed by atoms with Crippen LogP contribution in [0.5, 0.6) is 11.5 Å². The fourth-order valence-corrected chi connectivity index (χ4v) is 12.3. The molecule has 3 amide bonds. The number of hydrogen-bond donors (Lipinski definition) is 2. The summed E-state index contributed by atoms with van der Waals surface area (Å²) in [5.41, 5.74) is 9.46. The second-order valence-electron chi connectivity index (χ2n) is 19.1. The highest BCUT2D eigenvalue weighted by molar-refractivity contribution is 6.05. The molecule has 2 aliphatic carbocycles. The van der Waals surface area contributed by atoms with Gasteiger partial charge < -0.3 is 29.3 Å². The zero-order valence-electron chi connectivity index (χ0n) is 34.5. The van der Waals surface area contributed by atoms with Crippen LogP contribution in [0.4, 0.5) is 5.69 Å². The van der Waals surface area contributed by atoms with Crippen LogP contribution in [0.25, 0.3) is 0 Å². The van der Waals surface area contributed by atoms with Crippen molar-refractivity contribution in [2.75, 3.05) is 50.8 Å². The number of carbonyl (C=O) groups is 3. The Morgan fingerprint density at radius 2 is 1.70 bits per heavy atom. The van der Waals surface area contributed by atoms with Crippen LogP contribution >= 0.6 is 0 Å². The van der Waals surface area contributed by atoms with E-state index in [4.69, 9.17) is 9.47 Å². The van der Waals surface area contributed by atoms with Crippen molar-refractivity contribution in [2.45, 2.75) is 100 Å². The Morgan fingerprint density at radius 1 is 0.867 bits per heavy atom. The van der Waals surface area contributed by atoms with Crippen molar-refractivity contribution in [3.8, 4) is 11.5 Å². The number of imide groups is 1. The van der Waals surface area contributed by atoms with Crippen LogP contribution in [-0.2, 0) is 32.7 Å². The summed E-state index contributed by atoms with van der Waals surface area (Å²) in [7, 11) is 0. The van der Waals surface area contributed by atoms with E-state index in [9.17, 15) is 19.5 Å². The first-order valence-electron chi connectivity index (χ1n) is 22.6. The minimum absolute atomic E-state index is 0.0261. The zero-order chi connectivity index (χ0) is 40.6. The molecular weight excluding hydrogens is 753 g/mol. The van der Waals surface area contributed by atoms with Crippen LogP contribution in [0, 0.1) is 11.8 Å². The van der Waals surface area contributed by atoms with Gasteiger partial charge in [0.15, 0.2) is 0 Å². The number of ether oxygens (including phenoxy) is 2. The highest BCUT2D eigenvalue weighted by Crippen LogP contribution is 2.50. The first-order chi connectivity index (χ1) is 29.2. The van der Waals surface area contributed by atoms with Crippen molar-refractivity contribution in [3.63, 3.8) is 0 Å². The molecule has 4 atom stereocenters. The predicted octanol–water partition coefficient (Wildman–Crippen LogP) is 6.93. The number of nitrogens with zero attached hydrogens (tertiary/aromatic N) is 3. The van der Waals surface area contributed by atoms with Crippen molar-refractivity contribution < 1.29 is 29.0 Å². The number of phenolic OH excluding ortho intramolecular Hbond substituents is 1. The largest absolute Gasteiger partial charge is 0.508 e. The number of aryl methyl sites for hydroxylation is 1. The van der Waals surface area contributed by atoms with E-state index in [-0.39, 0.29) is 41.1 Å². The third-order valence-corrected chi connectivity index (χ3v) is 15.6. The Labute approximate surface area is 352 Å². The number of amides is 3. The molecule has 10 heteroatoms. The summed E-state index contributed by atoms with van der Waals surface area (Å²) in [6, 6.07) is 18.9. The minimum atomic E-state index is -0.612. The molecule has 3 aromatic rings. The van der Waals surface area contributed by atoms with E-state index in [1.165, 1.54) is 33.5 Å². The molecule has 6 aliphatic heterocycles. The summed E-state index contributed by atoms with van der Waals surface area (Å²) in [5, 5.41) is 12.7. The molecule has 10 nitrogen and oxygen atoms in total. The number of rotatable bonds is 6. The van der Waals surface area contributed by atoms with Crippen LogP contribution in [0.3, 0.4) is 0 Å². The van der Waals surface area contributed by atoms with Crippen LogP contribution in [0.2, 0.25) is 0 Å². The molecule has 0 aromatic heterocycles. The molecule has 3 aromatic carbocycles. The molecule has 4 fully saturated rings. The first kappa shape index (κ1) is 38.0. The highest BCUT2D eigenvalue weighted by atomic mass is 16.5. The van der Waals surface area contributed by atoms with E-state index in [1.807, 2.05) is 18.2 Å². The van der Waals surface area contributed by atoms with Gasteiger partial charge in [-0.1, -0.05) is 36.4 Å². The van der Waals surface area contributed by atoms with Crippen LogP contribution in [-0.4, -0.2) is 90.2 Å². The van der Waals surface area contributed by atoms with Crippen molar-refractivity contribution >= 4 is 23.4 Å². The third-order valence-electron chi connectivity index (χ3n) is 15.6. The second-order valence-corrected chi connectivity index (χ2v) is 19.1. The zero-order valence-corrected chi connectivity index (χ0v) is 34.5. The van der Waals surface area contributed by atoms with Gasteiger partial charge in [0.05, 0.1) is 18.8 Å². The monoisotopic (exact) mass is 808 g/mol.